The van der Waals surface area contributed by atoms with Gasteiger partial charge in [0.1, 0.15) is 5.82 Å². The number of hydrogen-bond acceptors (Lipinski definition) is 7. The highest BCUT2D eigenvalue weighted by Gasteiger charge is 2.08. The molecule has 4 N–H and O–H groups in total. The Balaban J connectivity index is 2.23. The number of aryl methyl sites for hydroxylation is 1. The van der Waals surface area contributed by atoms with Crippen LogP contribution < -0.4 is 21.3 Å². The van der Waals surface area contributed by atoms with E-state index in [4.69, 9.17) is 10.6 Å². The molecule has 0 aliphatic heterocycles. The standard InChI is InChI=1S/C13H17FN6O/c1-3-6-21-13-18-11(17-12(19-13)20-15)16-9-5-4-8(2)10(14)7-9/h4-5,7H,3,6,15H2,1-2H3,(H2,16,17,18,19,20). The second-order valence-electron chi connectivity index (χ2n) is 4.35. The van der Waals surface area contributed by atoms with Crippen LogP contribution in [0, 0.1) is 12.7 Å². The van der Waals surface area contributed by atoms with E-state index in [-0.39, 0.29) is 23.7 Å². The van der Waals surface area contributed by atoms with Crippen molar-refractivity contribution < 1.29 is 9.13 Å². The Morgan fingerprint density at radius 2 is 2.00 bits per heavy atom. The van der Waals surface area contributed by atoms with Crippen molar-refractivity contribution in [2.24, 2.45) is 5.84 Å². The molecule has 2 aromatic rings. The molecule has 0 radical (unpaired) electrons. The summed E-state index contributed by atoms with van der Waals surface area (Å²) in [6, 6.07) is 4.90. The van der Waals surface area contributed by atoms with Crippen LogP contribution in [-0.4, -0.2) is 21.6 Å². The number of aromatic nitrogens is 3. The Labute approximate surface area is 121 Å². The molecule has 0 saturated carbocycles. The first-order chi connectivity index (χ1) is 10.1. The van der Waals surface area contributed by atoms with Gasteiger partial charge in [0.2, 0.25) is 11.9 Å². The molecular weight excluding hydrogens is 275 g/mol. The number of anilines is 3. The Morgan fingerprint density at radius 3 is 2.67 bits per heavy atom. The lowest BCUT2D eigenvalue weighted by atomic mass is 10.2. The predicted octanol–water partition coefficient (Wildman–Crippen LogP) is 2.14. The lowest BCUT2D eigenvalue weighted by Crippen LogP contribution is -2.13. The number of nitrogens with one attached hydrogen (secondary N) is 2. The van der Waals surface area contributed by atoms with Crippen LogP contribution in [0.15, 0.2) is 18.2 Å². The van der Waals surface area contributed by atoms with E-state index in [0.29, 0.717) is 17.9 Å². The zero-order valence-corrected chi connectivity index (χ0v) is 11.9. The van der Waals surface area contributed by atoms with E-state index < -0.39 is 0 Å². The first kappa shape index (κ1) is 14.9. The summed E-state index contributed by atoms with van der Waals surface area (Å²) in [7, 11) is 0. The molecule has 0 unspecified atom stereocenters. The fraction of sp³-hybridized carbons (Fsp3) is 0.308. The summed E-state index contributed by atoms with van der Waals surface area (Å²) < 4.78 is 18.9. The van der Waals surface area contributed by atoms with Gasteiger partial charge in [0.15, 0.2) is 0 Å². The molecule has 0 aliphatic rings. The predicted molar refractivity (Wildman–Crippen MR) is 77.8 cm³/mol. The summed E-state index contributed by atoms with van der Waals surface area (Å²) in [5.74, 6) is 5.37. The molecule has 21 heavy (non-hydrogen) atoms. The van der Waals surface area contributed by atoms with Gasteiger partial charge in [-0.25, -0.2) is 10.2 Å². The third-order valence-corrected chi connectivity index (χ3v) is 2.61. The van der Waals surface area contributed by atoms with Crippen molar-refractivity contribution in [1.82, 2.24) is 15.0 Å². The number of hydrazine groups is 1. The summed E-state index contributed by atoms with van der Waals surface area (Å²) in [4.78, 5) is 12.1. The van der Waals surface area contributed by atoms with E-state index in [0.717, 1.165) is 6.42 Å². The average molecular weight is 292 g/mol. The van der Waals surface area contributed by atoms with E-state index >= 15 is 0 Å². The molecule has 8 heteroatoms. The van der Waals surface area contributed by atoms with Gasteiger partial charge in [-0.1, -0.05) is 13.0 Å². The monoisotopic (exact) mass is 292 g/mol. The van der Waals surface area contributed by atoms with Crippen molar-refractivity contribution in [3.05, 3.63) is 29.6 Å². The van der Waals surface area contributed by atoms with E-state index in [1.807, 2.05) is 6.92 Å². The number of nitrogens with two attached hydrogens (primary N) is 1. The van der Waals surface area contributed by atoms with Gasteiger partial charge < -0.3 is 10.1 Å². The van der Waals surface area contributed by atoms with E-state index in [9.17, 15) is 4.39 Å². The van der Waals surface area contributed by atoms with Gasteiger partial charge in [-0.3, -0.25) is 5.43 Å². The number of nitrogens with zero attached hydrogens (tertiary/aromatic N) is 3. The van der Waals surface area contributed by atoms with Crippen LogP contribution in [0.3, 0.4) is 0 Å². The van der Waals surface area contributed by atoms with Crippen molar-refractivity contribution in [2.45, 2.75) is 20.3 Å². The summed E-state index contributed by atoms with van der Waals surface area (Å²) in [6.45, 7) is 4.14. The molecule has 0 atom stereocenters. The van der Waals surface area contributed by atoms with Gasteiger partial charge in [0, 0.05) is 5.69 Å². The summed E-state index contributed by atoms with van der Waals surface area (Å²) >= 11 is 0. The average Bonchev–Trinajstić information content (AvgIpc) is 2.48. The normalized spacial score (nSPS) is 10.3. The first-order valence-electron chi connectivity index (χ1n) is 6.51. The van der Waals surface area contributed by atoms with Crippen LogP contribution in [0.2, 0.25) is 0 Å². The zero-order chi connectivity index (χ0) is 15.2. The molecule has 0 amide bonds. The third kappa shape index (κ3) is 3.99. The van der Waals surface area contributed by atoms with Crippen LogP contribution in [0.1, 0.15) is 18.9 Å². The summed E-state index contributed by atoms with van der Waals surface area (Å²) in [6.07, 6.45) is 0.822. The molecule has 0 bridgehead atoms. The number of nitrogen functional groups attached to an aromatic ring is 1. The molecule has 0 saturated heterocycles. The van der Waals surface area contributed by atoms with E-state index in [1.54, 1.807) is 19.1 Å². The maximum absolute atomic E-state index is 13.5. The second kappa shape index (κ2) is 6.80. The highest BCUT2D eigenvalue weighted by atomic mass is 19.1. The first-order valence-corrected chi connectivity index (χ1v) is 6.51. The van der Waals surface area contributed by atoms with Gasteiger partial charge in [-0.2, -0.15) is 15.0 Å². The van der Waals surface area contributed by atoms with Gasteiger partial charge in [-0.05, 0) is 31.0 Å². The number of benzene rings is 1. The molecule has 1 aromatic heterocycles. The maximum atomic E-state index is 13.5. The molecule has 0 spiro atoms. The quantitative estimate of drug-likeness (QED) is 0.554. The van der Waals surface area contributed by atoms with E-state index in [1.165, 1.54) is 6.07 Å². The number of hydrogen-bond donors (Lipinski definition) is 3. The smallest absolute Gasteiger partial charge is 0.323 e. The van der Waals surface area contributed by atoms with Gasteiger partial charge in [0.25, 0.3) is 0 Å². The molecule has 7 nitrogen and oxygen atoms in total. The zero-order valence-electron chi connectivity index (χ0n) is 11.9. The molecule has 1 heterocycles. The van der Waals surface area contributed by atoms with Gasteiger partial charge >= 0.3 is 6.01 Å². The highest BCUT2D eigenvalue weighted by Crippen LogP contribution is 2.19. The van der Waals surface area contributed by atoms with Crippen LogP contribution in [-0.2, 0) is 0 Å². The molecular formula is C13H17FN6O. The maximum Gasteiger partial charge on any atom is 0.323 e. The fourth-order valence-corrected chi connectivity index (χ4v) is 1.53. The topological polar surface area (TPSA) is 98.0 Å². The summed E-state index contributed by atoms with van der Waals surface area (Å²) in [5.41, 5.74) is 3.42. The summed E-state index contributed by atoms with van der Waals surface area (Å²) in [5, 5.41) is 2.89. The highest BCUT2D eigenvalue weighted by molar-refractivity contribution is 5.55. The lowest BCUT2D eigenvalue weighted by Gasteiger charge is -2.09. The minimum atomic E-state index is -0.311. The lowest BCUT2D eigenvalue weighted by molar-refractivity contribution is 0.292. The van der Waals surface area contributed by atoms with E-state index in [2.05, 4.69) is 25.7 Å². The van der Waals surface area contributed by atoms with Crippen molar-refractivity contribution in [1.29, 1.82) is 0 Å². The number of ether oxygens (including phenoxy) is 1. The molecule has 1 aromatic carbocycles. The fourth-order valence-electron chi connectivity index (χ4n) is 1.53. The number of rotatable bonds is 6. The van der Waals surface area contributed by atoms with Gasteiger partial charge in [0.05, 0.1) is 6.61 Å². The van der Waals surface area contributed by atoms with Crippen molar-refractivity contribution >= 4 is 17.6 Å². The molecule has 2 rings (SSSR count). The van der Waals surface area contributed by atoms with Crippen LogP contribution >= 0.6 is 0 Å². The Hall–Kier alpha value is -2.48. The van der Waals surface area contributed by atoms with Crippen LogP contribution in [0.4, 0.5) is 22.0 Å². The largest absolute Gasteiger partial charge is 0.463 e. The van der Waals surface area contributed by atoms with Gasteiger partial charge in [-0.15, -0.1) is 0 Å². The second-order valence-corrected chi connectivity index (χ2v) is 4.35. The van der Waals surface area contributed by atoms with Crippen LogP contribution in [0.5, 0.6) is 6.01 Å². The SMILES string of the molecule is CCCOc1nc(NN)nc(Nc2ccc(C)c(F)c2)n1. The minimum Gasteiger partial charge on any atom is -0.463 e. The molecule has 0 fully saturated rings. The Bertz CT molecular complexity index is 622. The van der Waals surface area contributed by atoms with Crippen molar-refractivity contribution in [3.8, 4) is 6.01 Å². The Morgan fingerprint density at radius 1 is 1.24 bits per heavy atom. The number of halogens is 1. The third-order valence-electron chi connectivity index (χ3n) is 2.61. The van der Waals surface area contributed by atoms with Crippen molar-refractivity contribution in [3.63, 3.8) is 0 Å². The minimum absolute atomic E-state index is 0.148. The van der Waals surface area contributed by atoms with Crippen LogP contribution in [0.25, 0.3) is 0 Å². The Kier molecular flexibility index (Phi) is 4.83. The molecule has 112 valence electrons. The van der Waals surface area contributed by atoms with Crippen molar-refractivity contribution in [2.75, 3.05) is 17.3 Å². The molecule has 0 aliphatic carbocycles.